The second-order valence-corrected chi connectivity index (χ2v) is 17.3. The van der Waals surface area contributed by atoms with Crippen LogP contribution in [0.4, 0.5) is 0 Å². The smallest absolute Gasteiger partial charge is 0.311 e. The first-order valence-electron chi connectivity index (χ1n) is 24.0. The summed E-state index contributed by atoms with van der Waals surface area (Å²) in [6.07, 6.45) is 39.7. The normalized spacial score (nSPS) is 11.9. The number of ether oxygens (including phenoxy) is 2. The highest BCUT2D eigenvalue weighted by Gasteiger charge is 2.30. The van der Waals surface area contributed by atoms with Gasteiger partial charge in [-0.15, -0.1) is 0 Å². The average molecular weight is 766 g/mol. The molecule has 0 heterocycles. The minimum atomic E-state index is -0.426. The van der Waals surface area contributed by atoms with Crippen molar-refractivity contribution in [2.24, 2.45) is 5.41 Å². The van der Waals surface area contributed by atoms with Crippen LogP contribution < -0.4 is 0 Å². The first-order chi connectivity index (χ1) is 26.3. The molecule has 54 heavy (non-hydrogen) atoms. The molecule has 0 aromatic heterocycles. The number of nitrogens with zero attached hydrogens (tertiary/aromatic N) is 1. The van der Waals surface area contributed by atoms with Crippen LogP contribution in [-0.4, -0.2) is 60.9 Å². The zero-order valence-electron chi connectivity index (χ0n) is 37.2. The maximum Gasteiger partial charge on any atom is 0.311 e. The second kappa shape index (κ2) is 40.1. The van der Waals surface area contributed by atoms with Crippen molar-refractivity contribution >= 4 is 11.9 Å². The molecule has 1 N–H and O–H groups in total. The lowest BCUT2D eigenvalue weighted by Crippen LogP contribution is -2.31. The molecule has 0 amide bonds. The van der Waals surface area contributed by atoms with Crippen LogP contribution in [0.25, 0.3) is 0 Å². The fourth-order valence-corrected chi connectivity index (χ4v) is 7.47. The average Bonchev–Trinajstić information content (AvgIpc) is 3.15. The standard InChI is InChI=1S/C48H95NO5/c1-6-9-12-15-18-26-35-44-53-46(51)38-29-22-19-24-31-40-49(42-33-34-43-50)41-32-25-23-30-39-48(4,5)47(52)54-45(36-27-20-16-13-10-7-2)37-28-21-17-14-11-8-3/h45,50H,6-44H2,1-5H3. The molecule has 0 aromatic rings. The zero-order valence-corrected chi connectivity index (χ0v) is 37.2. The number of hydrogen-bond donors (Lipinski definition) is 1. The molecule has 0 aliphatic heterocycles. The Balaban J connectivity index is 4.33. The van der Waals surface area contributed by atoms with E-state index >= 15 is 0 Å². The van der Waals surface area contributed by atoms with Crippen LogP contribution in [-0.2, 0) is 19.1 Å². The first kappa shape index (κ1) is 52.9. The van der Waals surface area contributed by atoms with Crippen molar-refractivity contribution in [3.63, 3.8) is 0 Å². The van der Waals surface area contributed by atoms with E-state index in [0.717, 1.165) is 83.8 Å². The highest BCUT2D eigenvalue weighted by Crippen LogP contribution is 2.28. The van der Waals surface area contributed by atoms with Crippen LogP contribution >= 0.6 is 0 Å². The summed E-state index contributed by atoms with van der Waals surface area (Å²) < 4.78 is 11.7. The Morgan fingerprint density at radius 3 is 1.43 bits per heavy atom. The fraction of sp³-hybridized carbons (Fsp3) is 0.958. The fourth-order valence-electron chi connectivity index (χ4n) is 7.47. The first-order valence-corrected chi connectivity index (χ1v) is 24.0. The molecule has 0 aliphatic carbocycles. The van der Waals surface area contributed by atoms with Crippen LogP contribution in [0.15, 0.2) is 0 Å². The summed E-state index contributed by atoms with van der Waals surface area (Å²) in [4.78, 5) is 28.0. The van der Waals surface area contributed by atoms with Crippen LogP contribution in [0.2, 0.25) is 0 Å². The number of unbranched alkanes of at least 4 members (excludes halogenated alkanes) is 24. The number of aliphatic hydroxyl groups is 1. The Morgan fingerprint density at radius 2 is 0.926 bits per heavy atom. The Morgan fingerprint density at radius 1 is 0.519 bits per heavy atom. The summed E-state index contributed by atoms with van der Waals surface area (Å²) in [5.41, 5.74) is -0.426. The molecule has 0 aromatic carbocycles. The van der Waals surface area contributed by atoms with Gasteiger partial charge in [0.05, 0.1) is 12.0 Å². The molecule has 0 saturated heterocycles. The minimum Gasteiger partial charge on any atom is -0.466 e. The summed E-state index contributed by atoms with van der Waals surface area (Å²) in [5, 5.41) is 9.31. The molecular weight excluding hydrogens is 671 g/mol. The molecule has 322 valence electrons. The molecule has 0 bridgehead atoms. The summed E-state index contributed by atoms with van der Waals surface area (Å²) in [7, 11) is 0. The van der Waals surface area contributed by atoms with Gasteiger partial charge in [-0.1, -0.05) is 162 Å². The maximum absolute atomic E-state index is 13.4. The van der Waals surface area contributed by atoms with Crippen molar-refractivity contribution < 1.29 is 24.2 Å². The van der Waals surface area contributed by atoms with Gasteiger partial charge in [0.15, 0.2) is 0 Å². The SMILES string of the molecule is CCCCCCCCCOC(=O)CCCCCCCN(CCCCO)CCCCCCC(C)(C)C(=O)OC(CCCCCCCC)CCCCCCCC. The number of aliphatic hydroxyl groups excluding tert-OH is 1. The number of carbonyl (C=O) groups is 2. The van der Waals surface area contributed by atoms with E-state index in [-0.39, 0.29) is 24.6 Å². The van der Waals surface area contributed by atoms with Crippen molar-refractivity contribution in [3.05, 3.63) is 0 Å². The number of rotatable bonds is 43. The van der Waals surface area contributed by atoms with Crippen LogP contribution in [0.5, 0.6) is 0 Å². The Bertz CT molecular complexity index is 786. The Kier molecular flexibility index (Phi) is 39.2. The lowest BCUT2D eigenvalue weighted by molar-refractivity contribution is -0.161. The van der Waals surface area contributed by atoms with Crippen molar-refractivity contribution in [1.82, 2.24) is 4.90 Å². The molecule has 0 aliphatic rings. The van der Waals surface area contributed by atoms with Gasteiger partial charge < -0.3 is 19.5 Å². The quantitative estimate of drug-likeness (QED) is 0.0492. The molecule has 0 saturated carbocycles. The number of esters is 2. The van der Waals surface area contributed by atoms with E-state index in [1.165, 1.54) is 148 Å². The monoisotopic (exact) mass is 766 g/mol. The molecule has 0 atom stereocenters. The molecular formula is C48H95NO5. The second-order valence-electron chi connectivity index (χ2n) is 17.3. The van der Waals surface area contributed by atoms with Gasteiger partial charge in [0, 0.05) is 13.0 Å². The van der Waals surface area contributed by atoms with Crippen LogP contribution in [0.3, 0.4) is 0 Å². The third-order valence-electron chi connectivity index (χ3n) is 11.4. The van der Waals surface area contributed by atoms with Gasteiger partial charge in [0.2, 0.25) is 0 Å². The third-order valence-corrected chi connectivity index (χ3v) is 11.4. The lowest BCUT2D eigenvalue weighted by atomic mass is 9.86. The van der Waals surface area contributed by atoms with Gasteiger partial charge in [-0.3, -0.25) is 9.59 Å². The number of hydrogen-bond acceptors (Lipinski definition) is 6. The van der Waals surface area contributed by atoms with Crippen LogP contribution in [0.1, 0.15) is 253 Å². The van der Waals surface area contributed by atoms with E-state index in [1.807, 2.05) is 0 Å². The van der Waals surface area contributed by atoms with Crippen molar-refractivity contribution in [1.29, 1.82) is 0 Å². The number of carbonyl (C=O) groups excluding carboxylic acids is 2. The van der Waals surface area contributed by atoms with Gasteiger partial charge in [0.25, 0.3) is 0 Å². The molecule has 0 unspecified atom stereocenters. The van der Waals surface area contributed by atoms with Gasteiger partial charge in [-0.05, 0) is 104 Å². The molecule has 6 heteroatoms. The van der Waals surface area contributed by atoms with E-state index in [1.54, 1.807) is 0 Å². The van der Waals surface area contributed by atoms with Gasteiger partial charge in [-0.2, -0.15) is 0 Å². The highest BCUT2D eigenvalue weighted by atomic mass is 16.5. The summed E-state index contributed by atoms with van der Waals surface area (Å²) in [6, 6.07) is 0. The molecule has 0 radical (unpaired) electrons. The van der Waals surface area contributed by atoms with Crippen LogP contribution in [0, 0.1) is 5.41 Å². The topological polar surface area (TPSA) is 76.1 Å². The largest absolute Gasteiger partial charge is 0.466 e. The zero-order chi connectivity index (χ0) is 39.8. The lowest BCUT2D eigenvalue weighted by Gasteiger charge is -2.27. The van der Waals surface area contributed by atoms with Crippen molar-refractivity contribution in [2.75, 3.05) is 32.8 Å². The van der Waals surface area contributed by atoms with Crippen molar-refractivity contribution in [2.45, 2.75) is 259 Å². The van der Waals surface area contributed by atoms with Gasteiger partial charge >= 0.3 is 11.9 Å². The molecule has 0 fully saturated rings. The van der Waals surface area contributed by atoms with Gasteiger partial charge in [-0.25, -0.2) is 0 Å². The molecule has 0 spiro atoms. The van der Waals surface area contributed by atoms with Crippen molar-refractivity contribution in [3.8, 4) is 0 Å². The molecule has 6 nitrogen and oxygen atoms in total. The van der Waals surface area contributed by atoms with E-state index in [4.69, 9.17) is 9.47 Å². The maximum atomic E-state index is 13.4. The predicted molar refractivity (Wildman–Crippen MR) is 232 cm³/mol. The van der Waals surface area contributed by atoms with Gasteiger partial charge in [0.1, 0.15) is 6.10 Å². The Hall–Kier alpha value is -1.14. The summed E-state index contributed by atoms with van der Waals surface area (Å²) in [5.74, 6) is -0.0101. The van der Waals surface area contributed by atoms with E-state index < -0.39 is 5.41 Å². The van der Waals surface area contributed by atoms with E-state index in [0.29, 0.717) is 13.0 Å². The summed E-state index contributed by atoms with van der Waals surface area (Å²) in [6.45, 7) is 15.1. The Labute approximate surface area is 337 Å². The predicted octanol–water partition coefficient (Wildman–Crippen LogP) is 14.1. The van der Waals surface area contributed by atoms with E-state index in [9.17, 15) is 14.7 Å². The summed E-state index contributed by atoms with van der Waals surface area (Å²) >= 11 is 0. The highest BCUT2D eigenvalue weighted by molar-refractivity contribution is 5.76. The molecule has 0 rings (SSSR count). The third kappa shape index (κ3) is 35.3. The minimum absolute atomic E-state index is 0.0123. The van der Waals surface area contributed by atoms with E-state index in [2.05, 4.69) is 39.5 Å².